The van der Waals surface area contributed by atoms with Gasteiger partial charge in [-0.15, -0.1) is 0 Å². The molecule has 0 saturated heterocycles. The van der Waals surface area contributed by atoms with Crippen molar-refractivity contribution in [3.63, 3.8) is 0 Å². The van der Waals surface area contributed by atoms with Gasteiger partial charge in [-0.25, -0.2) is 9.37 Å². The van der Waals surface area contributed by atoms with Gasteiger partial charge in [0, 0.05) is 29.0 Å². The molecule has 0 spiro atoms. The molecule has 3 N–H and O–H groups in total. The van der Waals surface area contributed by atoms with Gasteiger partial charge in [-0.2, -0.15) is 10.2 Å². The molecule has 0 aliphatic heterocycles. The minimum atomic E-state index is -0.745. The average Bonchev–Trinajstić information content (AvgIpc) is 2.89. The van der Waals surface area contributed by atoms with Crippen LogP contribution in [-0.4, -0.2) is 35.3 Å². The van der Waals surface area contributed by atoms with Crippen LogP contribution in [0, 0.1) is 17.1 Å². The minimum Gasteiger partial charge on any atom is -0.481 e. The van der Waals surface area contributed by atoms with Crippen LogP contribution in [0.1, 0.15) is 18.9 Å². The highest BCUT2D eigenvalue weighted by Crippen LogP contribution is 2.35. The van der Waals surface area contributed by atoms with Crippen molar-refractivity contribution in [2.75, 3.05) is 20.0 Å². The van der Waals surface area contributed by atoms with E-state index < -0.39 is 11.8 Å². The Kier molecular flexibility index (Phi) is 7.79. The zero-order chi connectivity index (χ0) is 25.5. The summed E-state index contributed by atoms with van der Waals surface area (Å²) in [4.78, 5) is 18.2. The number of nitrogen functional groups attached to an aromatic ring is 1. The van der Waals surface area contributed by atoms with Gasteiger partial charge in [0.15, 0.2) is 0 Å². The summed E-state index contributed by atoms with van der Waals surface area (Å²) in [6, 6.07) is 17.3. The van der Waals surface area contributed by atoms with E-state index in [9.17, 15) is 14.4 Å². The van der Waals surface area contributed by atoms with E-state index in [0.29, 0.717) is 33.9 Å². The molecule has 0 atom stereocenters. The molecule has 0 aliphatic carbocycles. The van der Waals surface area contributed by atoms with Gasteiger partial charge in [-0.1, -0.05) is 31.2 Å². The van der Waals surface area contributed by atoms with Crippen LogP contribution in [0.2, 0.25) is 0 Å². The molecule has 2 aromatic carbocycles. The van der Waals surface area contributed by atoms with E-state index in [2.05, 4.69) is 16.0 Å². The molecule has 2 heterocycles. The molecule has 0 radical (unpaired) electrons. The van der Waals surface area contributed by atoms with Crippen LogP contribution in [0.4, 0.5) is 10.1 Å². The standard InChI is InChI=1S/C23H17FN4O2.C3H6O2/c1-29-20-10-8-16(23(28-20)30-2)13-3-5-14(6-4-13)22-18(12-25)21(26)17-11-15(24)7-9-19(17)27-22;1-2-3(4)5/h3-11H,1-2H3,(H2,26,27);2H2,1H3,(H,4,5). The van der Waals surface area contributed by atoms with Crippen LogP contribution in [-0.2, 0) is 4.79 Å². The second-order valence-corrected chi connectivity index (χ2v) is 7.26. The molecule has 0 unspecified atom stereocenters. The van der Waals surface area contributed by atoms with Crippen LogP contribution >= 0.6 is 0 Å². The number of carboxylic acids is 1. The normalized spacial score (nSPS) is 10.1. The number of aromatic nitrogens is 2. The van der Waals surface area contributed by atoms with Crippen molar-refractivity contribution < 1.29 is 23.8 Å². The summed E-state index contributed by atoms with van der Waals surface area (Å²) in [7, 11) is 3.09. The number of nitrogens with zero attached hydrogens (tertiary/aromatic N) is 3. The molecule has 35 heavy (non-hydrogen) atoms. The molecule has 4 aromatic rings. The highest BCUT2D eigenvalue weighted by molar-refractivity contribution is 5.97. The Hall–Kier alpha value is -4.71. The van der Waals surface area contributed by atoms with Crippen molar-refractivity contribution >= 4 is 22.6 Å². The molecule has 0 amide bonds. The first-order valence-corrected chi connectivity index (χ1v) is 10.5. The lowest BCUT2D eigenvalue weighted by molar-refractivity contribution is -0.136. The molecule has 0 aliphatic rings. The number of carboxylic acid groups (broad SMARTS) is 1. The second-order valence-electron chi connectivity index (χ2n) is 7.26. The van der Waals surface area contributed by atoms with Crippen LogP contribution < -0.4 is 15.2 Å². The number of carbonyl (C=O) groups is 1. The lowest BCUT2D eigenvalue weighted by Crippen LogP contribution is -1.99. The zero-order valence-corrected chi connectivity index (χ0v) is 19.4. The second kappa shape index (κ2) is 10.9. The number of anilines is 1. The summed E-state index contributed by atoms with van der Waals surface area (Å²) in [5.74, 6) is -0.280. The van der Waals surface area contributed by atoms with Gasteiger partial charge >= 0.3 is 5.97 Å². The molecule has 2 aromatic heterocycles. The summed E-state index contributed by atoms with van der Waals surface area (Å²) in [5.41, 5.74) is 9.94. The SMILES string of the molecule is CCC(=O)O.COc1ccc(-c2ccc(-c3nc4ccc(F)cc4c(N)c3C#N)cc2)c(OC)n1. The number of ether oxygens (including phenoxy) is 2. The van der Waals surface area contributed by atoms with Crippen LogP contribution in [0.25, 0.3) is 33.3 Å². The Labute approximate surface area is 201 Å². The summed E-state index contributed by atoms with van der Waals surface area (Å²) >= 11 is 0. The maximum absolute atomic E-state index is 13.6. The third-order valence-electron chi connectivity index (χ3n) is 5.11. The number of nitriles is 1. The Morgan fingerprint density at radius 2 is 1.71 bits per heavy atom. The quantitative estimate of drug-likeness (QED) is 0.410. The molecular weight excluding hydrogens is 451 g/mol. The van der Waals surface area contributed by atoms with Gasteiger partial charge in [-0.05, 0) is 29.8 Å². The Bertz CT molecular complexity index is 1420. The fraction of sp³-hybridized carbons (Fsp3) is 0.154. The number of hydrogen-bond donors (Lipinski definition) is 2. The highest BCUT2D eigenvalue weighted by atomic mass is 19.1. The van der Waals surface area contributed by atoms with Crippen molar-refractivity contribution in [1.29, 1.82) is 5.26 Å². The first-order valence-electron chi connectivity index (χ1n) is 10.5. The van der Waals surface area contributed by atoms with Crippen molar-refractivity contribution in [3.05, 3.63) is 66.0 Å². The Morgan fingerprint density at radius 3 is 2.29 bits per heavy atom. The lowest BCUT2D eigenvalue weighted by atomic mass is 9.99. The van der Waals surface area contributed by atoms with E-state index in [0.717, 1.165) is 11.1 Å². The van der Waals surface area contributed by atoms with E-state index in [1.54, 1.807) is 33.3 Å². The van der Waals surface area contributed by atoms with Crippen LogP contribution in [0.15, 0.2) is 54.6 Å². The number of aliphatic carboxylic acids is 1. The van der Waals surface area contributed by atoms with Gasteiger partial charge < -0.3 is 20.3 Å². The Morgan fingerprint density at radius 1 is 1.06 bits per heavy atom. The van der Waals surface area contributed by atoms with Gasteiger partial charge in [0.2, 0.25) is 11.8 Å². The lowest BCUT2D eigenvalue weighted by Gasteiger charge is -2.12. The number of benzene rings is 2. The summed E-state index contributed by atoms with van der Waals surface area (Å²) in [5, 5.41) is 17.8. The smallest absolute Gasteiger partial charge is 0.303 e. The van der Waals surface area contributed by atoms with Gasteiger partial charge in [-0.3, -0.25) is 4.79 Å². The molecular formula is C26H23FN4O4. The largest absolute Gasteiger partial charge is 0.481 e. The molecule has 178 valence electrons. The first kappa shape index (κ1) is 24.9. The number of rotatable bonds is 5. The maximum Gasteiger partial charge on any atom is 0.303 e. The number of methoxy groups -OCH3 is 2. The number of nitrogens with two attached hydrogens (primary N) is 1. The predicted octanol–water partition coefficient (Wildman–Crippen LogP) is 5.05. The van der Waals surface area contributed by atoms with Crippen molar-refractivity contribution in [2.45, 2.75) is 13.3 Å². The fourth-order valence-corrected chi connectivity index (χ4v) is 3.30. The van der Waals surface area contributed by atoms with E-state index >= 15 is 0 Å². The molecule has 4 rings (SSSR count). The van der Waals surface area contributed by atoms with Crippen molar-refractivity contribution in [2.24, 2.45) is 0 Å². The van der Waals surface area contributed by atoms with Gasteiger partial charge in [0.1, 0.15) is 17.4 Å². The van der Waals surface area contributed by atoms with Crippen molar-refractivity contribution in [1.82, 2.24) is 9.97 Å². The fourth-order valence-electron chi connectivity index (χ4n) is 3.30. The molecule has 8 nitrogen and oxygen atoms in total. The predicted molar refractivity (Wildman–Crippen MR) is 131 cm³/mol. The summed E-state index contributed by atoms with van der Waals surface area (Å²) < 4.78 is 24.1. The van der Waals surface area contributed by atoms with E-state index in [1.165, 1.54) is 12.1 Å². The molecule has 0 fully saturated rings. The number of fused-ring (bicyclic) bond motifs is 1. The maximum atomic E-state index is 13.6. The molecule has 0 saturated carbocycles. The van der Waals surface area contributed by atoms with Gasteiger partial charge in [0.25, 0.3) is 0 Å². The first-order chi connectivity index (χ1) is 16.8. The minimum absolute atomic E-state index is 0.210. The monoisotopic (exact) mass is 474 g/mol. The van der Waals surface area contributed by atoms with Crippen LogP contribution in [0.5, 0.6) is 11.8 Å². The molecule has 0 bridgehead atoms. The zero-order valence-electron chi connectivity index (χ0n) is 19.4. The topological polar surface area (TPSA) is 131 Å². The average molecular weight is 474 g/mol. The van der Waals surface area contributed by atoms with Gasteiger partial charge in [0.05, 0.1) is 31.1 Å². The third-order valence-corrected chi connectivity index (χ3v) is 5.11. The summed E-state index contributed by atoms with van der Waals surface area (Å²) in [6.45, 7) is 1.60. The van der Waals surface area contributed by atoms with E-state index in [-0.39, 0.29) is 17.7 Å². The third kappa shape index (κ3) is 5.45. The van der Waals surface area contributed by atoms with Crippen molar-refractivity contribution in [3.8, 4) is 40.2 Å². The van der Waals surface area contributed by atoms with E-state index in [1.807, 2.05) is 30.3 Å². The Balaban J connectivity index is 0.000000623. The molecule has 9 heteroatoms. The van der Waals surface area contributed by atoms with Crippen LogP contribution in [0.3, 0.4) is 0 Å². The van der Waals surface area contributed by atoms with E-state index in [4.69, 9.17) is 20.3 Å². The number of halogens is 1. The highest BCUT2D eigenvalue weighted by Gasteiger charge is 2.16. The number of hydrogen-bond acceptors (Lipinski definition) is 7. The number of pyridine rings is 2. The summed E-state index contributed by atoms with van der Waals surface area (Å²) in [6.07, 6.45) is 0.222.